The summed E-state index contributed by atoms with van der Waals surface area (Å²) >= 11 is 0. The maximum atomic E-state index is 2.58. The van der Waals surface area contributed by atoms with Crippen LogP contribution in [-0.2, 0) is 0 Å². The van der Waals surface area contributed by atoms with Gasteiger partial charge >= 0.3 is 0 Å². The fourth-order valence-corrected chi connectivity index (χ4v) is 16.9. The van der Waals surface area contributed by atoms with Gasteiger partial charge in [0.1, 0.15) is 16.1 Å². The second-order valence-electron chi connectivity index (χ2n) is 15.0. The van der Waals surface area contributed by atoms with E-state index in [1.54, 1.807) is 10.4 Å². The van der Waals surface area contributed by atoms with Crippen LogP contribution < -0.4 is 20.7 Å². The molecule has 0 atom stereocenters. The van der Waals surface area contributed by atoms with E-state index in [4.69, 9.17) is 0 Å². The Hall–Kier alpha value is -5.43. The molecule has 10 rings (SSSR count). The van der Waals surface area contributed by atoms with Crippen molar-refractivity contribution in [1.29, 1.82) is 0 Å². The molecule has 4 heteroatoms. The Morgan fingerprint density at radius 2 is 0.720 bits per heavy atom. The molecule has 0 bridgehead atoms. The summed E-state index contributed by atoms with van der Waals surface area (Å²) in [5.74, 6) is 0. The third-order valence-electron chi connectivity index (χ3n) is 11.6. The Balaban J connectivity index is 1.23. The molecule has 0 amide bonds. The van der Waals surface area contributed by atoms with Crippen LogP contribution in [-0.4, -0.2) is 25.3 Å². The number of para-hydroxylation sites is 3. The minimum atomic E-state index is -2.13. The molecular weight excluding hydrogens is 637 g/mol. The van der Waals surface area contributed by atoms with Crippen LogP contribution in [0.4, 0.5) is 0 Å². The number of rotatable bonds is 2. The van der Waals surface area contributed by atoms with Crippen LogP contribution in [0.15, 0.2) is 158 Å². The molecule has 0 unspecified atom stereocenters. The molecule has 9 aromatic rings. The zero-order chi connectivity index (χ0) is 33.8. The third kappa shape index (κ3) is 4.00. The van der Waals surface area contributed by atoms with Crippen molar-refractivity contribution in [1.82, 2.24) is 9.13 Å². The van der Waals surface area contributed by atoms with Gasteiger partial charge in [-0.2, -0.15) is 0 Å². The summed E-state index contributed by atoms with van der Waals surface area (Å²) in [6.07, 6.45) is 0. The van der Waals surface area contributed by atoms with Crippen molar-refractivity contribution < 1.29 is 0 Å². The average molecular weight is 675 g/mol. The zero-order valence-corrected chi connectivity index (χ0v) is 30.9. The summed E-state index contributed by atoms with van der Waals surface area (Å²) in [7, 11) is -4.18. The standard InChI is InChI=1S/C46H38N2Si2/c1-49(2)43-23-13-8-18-36(43)37-19-9-14-24-44(37)50(3,4)46-30-32(26-28-45(46)49)48-41-22-12-7-17-35(41)38-29-31(25-27-42(38)48)47-39-20-10-5-15-33(39)34-16-6-11-21-40(34)47/h5-30H,1-4H3. The van der Waals surface area contributed by atoms with Gasteiger partial charge in [-0.25, -0.2) is 0 Å². The summed E-state index contributed by atoms with van der Waals surface area (Å²) in [5, 5.41) is 11.3. The third-order valence-corrected chi connectivity index (χ3v) is 19.0. The van der Waals surface area contributed by atoms with Gasteiger partial charge in [0, 0.05) is 32.9 Å². The molecule has 7 aromatic carbocycles. The molecular formula is C46H38N2Si2. The summed E-state index contributed by atoms with van der Waals surface area (Å²) in [6.45, 7) is 10.2. The molecule has 0 fully saturated rings. The lowest BCUT2D eigenvalue weighted by Crippen LogP contribution is -2.69. The van der Waals surface area contributed by atoms with Crippen LogP contribution in [0.2, 0.25) is 26.2 Å². The minimum absolute atomic E-state index is 1.19. The topological polar surface area (TPSA) is 9.86 Å². The van der Waals surface area contributed by atoms with Crippen molar-refractivity contribution in [3.05, 3.63) is 158 Å². The highest BCUT2D eigenvalue weighted by molar-refractivity contribution is 7.10. The Bertz CT molecular complexity index is 2780. The van der Waals surface area contributed by atoms with Gasteiger partial charge in [-0.3, -0.25) is 0 Å². The van der Waals surface area contributed by atoms with Gasteiger partial charge in [-0.05, 0) is 70.0 Å². The van der Waals surface area contributed by atoms with Gasteiger partial charge in [0.15, 0.2) is 0 Å². The Labute approximate surface area is 294 Å². The molecule has 1 aliphatic rings. The molecule has 0 radical (unpaired) electrons. The first kappa shape index (κ1) is 29.5. The number of benzene rings is 7. The highest BCUT2D eigenvalue weighted by atomic mass is 28.3. The lowest BCUT2D eigenvalue weighted by molar-refractivity contribution is 1.17. The van der Waals surface area contributed by atoms with Crippen LogP contribution in [0.5, 0.6) is 0 Å². The SMILES string of the molecule is C[Si]1(C)c2ccccc2-c2ccccc2[Si](C)(C)c2cc(-n3c4ccccc4c4cc(-n5c6ccccc6c6ccccc65)ccc43)ccc21. The van der Waals surface area contributed by atoms with Crippen LogP contribution in [0, 0.1) is 0 Å². The molecule has 1 aliphatic heterocycles. The average Bonchev–Trinajstić information content (AvgIpc) is 3.67. The van der Waals surface area contributed by atoms with E-state index < -0.39 is 16.1 Å². The van der Waals surface area contributed by atoms with E-state index in [2.05, 4.69) is 193 Å². The van der Waals surface area contributed by atoms with E-state index in [1.165, 1.54) is 76.5 Å². The Kier molecular flexibility index (Phi) is 6.21. The highest BCUT2D eigenvalue weighted by Crippen LogP contribution is 2.37. The molecule has 50 heavy (non-hydrogen) atoms. The number of hydrogen-bond acceptors (Lipinski definition) is 0. The number of fused-ring (bicyclic) bond motifs is 10. The molecule has 2 aromatic heterocycles. The van der Waals surface area contributed by atoms with Crippen molar-refractivity contribution in [2.24, 2.45) is 0 Å². The van der Waals surface area contributed by atoms with E-state index in [0.29, 0.717) is 0 Å². The summed E-state index contributed by atoms with van der Waals surface area (Å²) < 4.78 is 4.94. The number of aromatic nitrogens is 2. The molecule has 240 valence electrons. The first-order valence-electron chi connectivity index (χ1n) is 17.7. The first-order valence-corrected chi connectivity index (χ1v) is 23.7. The molecule has 2 nitrogen and oxygen atoms in total. The number of nitrogens with zero attached hydrogens (tertiary/aromatic N) is 2. The number of hydrogen-bond donors (Lipinski definition) is 0. The van der Waals surface area contributed by atoms with Gasteiger partial charge in [0.05, 0.1) is 22.1 Å². The van der Waals surface area contributed by atoms with Crippen LogP contribution in [0.25, 0.3) is 66.1 Å². The lowest BCUT2D eigenvalue weighted by Gasteiger charge is -2.38. The van der Waals surface area contributed by atoms with E-state index >= 15 is 0 Å². The van der Waals surface area contributed by atoms with E-state index in [1.807, 2.05) is 0 Å². The fraction of sp³-hybridized carbons (Fsp3) is 0.0870. The van der Waals surface area contributed by atoms with Gasteiger partial charge in [-0.1, -0.05) is 146 Å². The molecule has 0 spiro atoms. The van der Waals surface area contributed by atoms with E-state index in [9.17, 15) is 0 Å². The molecule has 0 N–H and O–H groups in total. The smallest absolute Gasteiger partial charge is 0.112 e. The van der Waals surface area contributed by atoms with Crippen molar-refractivity contribution in [3.63, 3.8) is 0 Å². The second kappa shape index (κ2) is 10.5. The summed E-state index contributed by atoms with van der Waals surface area (Å²) in [6, 6.07) is 59.5. The predicted octanol–water partition coefficient (Wildman–Crippen LogP) is 9.51. The van der Waals surface area contributed by atoms with Crippen molar-refractivity contribution >= 4 is 80.5 Å². The Morgan fingerprint density at radius 1 is 0.320 bits per heavy atom. The second-order valence-corrected chi connectivity index (χ2v) is 23.6. The normalized spacial score (nSPS) is 14.7. The van der Waals surface area contributed by atoms with Gasteiger partial charge in [0.25, 0.3) is 0 Å². The quantitative estimate of drug-likeness (QED) is 0.162. The van der Waals surface area contributed by atoms with Gasteiger partial charge in [-0.15, -0.1) is 0 Å². The maximum Gasteiger partial charge on any atom is 0.112 e. The molecule has 0 saturated carbocycles. The zero-order valence-electron chi connectivity index (χ0n) is 28.9. The van der Waals surface area contributed by atoms with E-state index in [0.717, 1.165) is 0 Å². The molecule has 0 aliphatic carbocycles. The van der Waals surface area contributed by atoms with Crippen molar-refractivity contribution in [3.8, 4) is 22.5 Å². The summed E-state index contributed by atoms with van der Waals surface area (Å²) in [4.78, 5) is 0. The fourth-order valence-electron chi connectivity index (χ4n) is 9.13. The largest absolute Gasteiger partial charge is 0.309 e. The van der Waals surface area contributed by atoms with Gasteiger partial charge in [0.2, 0.25) is 0 Å². The van der Waals surface area contributed by atoms with Crippen LogP contribution in [0.1, 0.15) is 0 Å². The summed E-state index contributed by atoms with van der Waals surface area (Å²) in [5.41, 5.74) is 10.2. The first-order chi connectivity index (χ1) is 24.3. The molecule has 3 heterocycles. The van der Waals surface area contributed by atoms with Crippen molar-refractivity contribution in [2.75, 3.05) is 0 Å². The highest BCUT2D eigenvalue weighted by Gasteiger charge is 2.40. The Morgan fingerprint density at radius 3 is 1.28 bits per heavy atom. The molecule has 0 saturated heterocycles. The van der Waals surface area contributed by atoms with Crippen molar-refractivity contribution in [2.45, 2.75) is 26.2 Å². The minimum Gasteiger partial charge on any atom is -0.309 e. The maximum absolute atomic E-state index is 2.58. The van der Waals surface area contributed by atoms with Crippen LogP contribution in [0.3, 0.4) is 0 Å². The monoisotopic (exact) mass is 674 g/mol. The van der Waals surface area contributed by atoms with E-state index in [-0.39, 0.29) is 0 Å². The predicted molar refractivity (Wildman–Crippen MR) is 220 cm³/mol. The van der Waals surface area contributed by atoms with Gasteiger partial charge < -0.3 is 9.13 Å². The lowest BCUT2D eigenvalue weighted by atomic mass is 10.1. The van der Waals surface area contributed by atoms with Crippen LogP contribution >= 0.6 is 0 Å².